The zero-order chi connectivity index (χ0) is 9.80. The Morgan fingerprint density at radius 3 is 2.86 bits per heavy atom. The zero-order valence-electron chi connectivity index (χ0n) is 8.61. The first-order chi connectivity index (χ1) is 6.84. The summed E-state index contributed by atoms with van der Waals surface area (Å²) in [6.45, 7) is 0. The Bertz CT molecular complexity index is 249. The van der Waals surface area contributed by atoms with Crippen LogP contribution in [-0.4, -0.2) is 6.04 Å². The Kier molecular flexibility index (Phi) is 3.25. The maximum atomic E-state index is 6.08. The van der Waals surface area contributed by atoms with Crippen LogP contribution in [0.1, 0.15) is 37.9 Å². The fraction of sp³-hybridized carbons (Fsp3) is 0.667. The molecule has 1 atom stereocenters. The molecule has 1 fully saturated rings. The predicted octanol–water partition coefficient (Wildman–Crippen LogP) is 2.73. The van der Waals surface area contributed by atoms with Crippen molar-refractivity contribution < 1.29 is 4.42 Å². The predicted molar refractivity (Wildman–Crippen MR) is 57.0 cm³/mol. The second-order valence-electron chi connectivity index (χ2n) is 4.43. The van der Waals surface area contributed by atoms with Crippen LogP contribution in [0.25, 0.3) is 0 Å². The molecule has 0 radical (unpaired) electrons. The summed E-state index contributed by atoms with van der Waals surface area (Å²) in [5.74, 6) is 1.90. The van der Waals surface area contributed by atoms with Crippen molar-refractivity contribution >= 4 is 0 Å². The van der Waals surface area contributed by atoms with E-state index in [2.05, 4.69) is 0 Å². The van der Waals surface area contributed by atoms with Crippen LogP contribution >= 0.6 is 0 Å². The van der Waals surface area contributed by atoms with E-state index >= 15 is 0 Å². The lowest BCUT2D eigenvalue weighted by Crippen LogP contribution is -2.25. The third kappa shape index (κ3) is 2.61. The average molecular weight is 193 g/mol. The smallest absolute Gasteiger partial charge is 0.105 e. The minimum absolute atomic E-state index is 0.282. The summed E-state index contributed by atoms with van der Waals surface area (Å²) in [6.07, 6.45) is 9.34. The van der Waals surface area contributed by atoms with Gasteiger partial charge in [-0.15, -0.1) is 0 Å². The minimum atomic E-state index is 0.282. The topological polar surface area (TPSA) is 39.2 Å². The van der Waals surface area contributed by atoms with Crippen molar-refractivity contribution in [3.05, 3.63) is 24.2 Å². The van der Waals surface area contributed by atoms with Crippen molar-refractivity contribution in [3.63, 3.8) is 0 Å². The summed E-state index contributed by atoms with van der Waals surface area (Å²) in [4.78, 5) is 0. The van der Waals surface area contributed by atoms with Crippen LogP contribution in [0.3, 0.4) is 0 Å². The maximum absolute atomic E-state index is 6.08. The van der Waals surface area contributed by atoms with Crippen molar-refractivity contribution in [1.82, 2.24) is 0 Å². The first-order valence-corrected chi connectivity index (χ1v) is 5.62. The summed E-state index contributed by atoms with van der Waals surface area (Å²) in [6, 6.07) is 4.22. The van der Waals surface area contributed by atoms with E-state index in [1.54, 1.807) is 6.26 Å². The molecule has 1 aliphatic carbocycles. The molecular weight excluding hydrogens is 174 g/mol. The fourth-order valence-corrected chi connectivity index (χ4v) is 2.44. The SMILES string of the molecule is NC(Cc1ccco1)CC1CCCC1. The molecule has 78 valence electrons. The van der Waals surface area contributed by atoms with E-state index in [1.165, 1.54) is 32.1 Å². The van der Waals surface area contributed by atoms with E-state index in [9.17, 15) is 0 Å². The third-order valence-corrected chi connectivity index (χ3v) is 3.15. The van der Waals surface area contributed by atoms with Gasteiger partial charge in [-0.25, -0.2) is 0 Å². The fourth-order valence-electron chi connectivity index (χ4n) is 2.44. The van der Waals surface area contributed by atoms with Crippen molar-refractivity contribution in [2.75, 3.05) is 0 Å². The molecule has 1 aliphatic rings. The van der Waals surface area contributed by atoms with Crippen LogP contribution in [0.4, 0.5) is 0 Å². The molecule has 1 unspecified atom stereocenters. The third-order valence-electron chi connectivity index (χ3n) is 3.15. The Morgan fingerprint density at radius 1 is 1.43 bits per heavy atom. The van der Waals surface area contributed by atoms with Gasteiger partial charge >= 0.3 is 0 Å². The van der Waals surface area contributed by atoms with Gasteiger partial charge in [0.15, 0.2) is 0 Å². The Morgan fingerprint density at radius 2 is 2.21 bits per heavy atom. The molecule has 0 aliphatic heterocycles. The molecule has 0 spiro atoms. The van der Waals surface area contributed by atoms with Crippen LogP contribution in [-0.2, 0) is 6.42 Å². The Hall–Kier alpha value is -0.760. The first kappa shape index (κ1) is 9.78. The highest BCUT2D eigenvalue weighted by Gasteiger charge is 2.18. The summed E-state index contributed by atoms with van der Waals surface area (Å²) in [5, 5.41) is 0. The molecule has 1 saturated carbocycles. The highest BCUT2D eigenvalue weighted by atomic mass is 16.3. The van der Waals surface area contributed by atoms with Gasteiger partial charge in [0.25, 0.3) is 0 Å². The molecular formula is C12H19NO. The van der Waals surface area contributed by atoms with E-state index in [4.69, 9.17) is 10.2 Å². The first-order valence-electron chi connectivity index (χ1n) is 5.62. The number of hydrogen-bond acceptors (Lipinski definition) is 2. The van der Waals surface area contributed by atoms with Crippen LogP contribution in [0.5, 0.6) is 0 Å². The van der Waals surface area contributed by atoms with Crippen molar-refractivity contribution in [2.45, 2.75) is 44.6 Å². The van der Waals surface area contributed by atoms with Gasteiger partial charge in [-0.2, -0.15) is 0 Å². The molecule has 0 saturated heterocycles. The lowest BCUT2D eigenvalue weighted by atomic mass is 9.96. The van der Waals surface area contributed by atoms with E-state index in [1.807, 2.05) is 12.1 Å². The van der Waals surface area contributed by atoms with Crippen LogP contribution in [0.2, 0.25) is 0 Å². The second kappa shape index (κ2) is 4.65. The minimum Gasteiger partial charge on any atom is -0.469 e. The van der Waals surface area contributed by atoms with Crippen LogP contribution in [0, 0.1) is 5.92 Å². The number of hydrogen-bond donors (Lipinski definition) is 1. The summed E-state index contributed by atoms with van der Waals surface area (Å²) < 4.78 is 5.29. The molecule has 0 aromatic carbocycles. The number of nitrogens with two attached hydrogens (primary N) is 1. The van der Waals surface area contributed by atoms with Gasteiger partial charge in [0.05, 0.1) is 6.26 Å². The molecule has 1 heterocycles. The van der Waals surface area contributed by atoms with E-state index in [-0.39, 0.29) is 6.04 Å². The number of rotatable bonds is 4. The molecule has 2 nitrogen and oxygen atoms in total. The quantitative estimate of drug-likeness (QED) is 0.798. The lowest BCUT2D eigenvalue weighted by molar-refractivity contribution is 0.412. The molecule has 0 amide bonds. The maximum Gasteiger partial charge on any atom is 0.105 e. The molecule has 0 bridgehead atoms. The average Bonchev–Trinajstić information content (AvgIpc) is 2.76. The number of furan rings is 1. The van der Waals surface area contributed by atoms with Gasteiger partial charge in [-0.3, -0.25) is 0 Å². The second-order valence-corrected chi connectivity index (χ2v) is 4.43. The van der Waals surface area contributed by atoms with E-state index in [0.29, 0.717) is 0 Å². The van der Waals surface area contributed by atoms with Crippen LogP contribution < -0.4 is 5.73 Å². The van der Waals surface area contributed by atoms with Gasteiger partial charge in [0, 0.05) is 12.5 Å². The van der Waals surface area contributed by atoms with Gasteiger partial charge < -0.3 is 10.2 Å². The molecule has 2 heteroatoms. The molecule has 1 aromatic rings. The standard InChI is InChI=1S/C12H19NO/c13-11(8-10-4-1-2-5-10)9-12-6-3-7-14-12/h3,6-7,10-11H,1-2,4-5,8-9,13H2. The molecule has 2 rings (SSSR count). The van der Waals surface area contributed by atoms with Crippen LogP contribution in [0.15, 0.2) is 22.8 Å². The van der Waals surface area contributed by atoms with E-state index in [0.717, 1.165) is 18.1 Å². The van der Waals surface area contributed by atoms with Gasteiger partial charge in [0.1, 0.15) is 5.76 Å². The Balaban J connectivity index is 1.75. The largest absolute Gasteiger partial charge is 0.469 e. The van der Waals surface area contributed by atoms with Gasteiger partial charge in [-0.05, 0) is 24.5 Å². The molecule has 14 heavy (non-hydrogen) atoms. The summed E-state index contributed by atoms with van der Waals surface area (Å²) in [5.41, 5.74) is 6.08. The highest BCUT2D eigenvalue weighted by Crippen LogP contribution is 2.28. The Labute approximate surface area is 85.5 Å². The van der Waals surface area contributed by atoms with Crippen molar-refractivity contribution in [3.8, 4) is 0 Å². The summed E-state index contributed by atoms with van der Waals surface area (Å²) in [7, 11) is 0. The molecule has 1 aromatic heterocycles. The van der Waals surface area contributed by atoms with Gasteiger partial charge in [-0.1, -0.05) is 25.7 Å². The zero-order valence-corrected chi connectivity index (χ0v) is 8.61. The van der Waals surface area contributed by atoms with Gasteiger partial charge in [0.2, 0.25) is 0 Å². The normalized spacial score (nSPS) is 20.1. The summed E-state index contributed by atoms with van der Waals surface area (Å²) >= 11 is 0. The lowest BCUT2D eigenvalue weighted by Gasteiger charge is -2.14. The molecule has 2 N–H and O–H groups in total. The highest BCUT2D eigenvalue weighted by molar-refractivity contribution is 5.00. The monoisotopic (exact) mass is 193 g/mol. The van der Waals surface area contributed by atoms with Crippen molar-refractivity contribution in [1.29, 1.82) is 0 Å². The van der Waals surface area contributed by atoms with E-state index < -0.39 is 0 Å². The van der Waals surface area contributed by atoms with Crippen molar-refractivity contribution in [2.24, 2.45) is 11.7 Å².